The van der Waals surface area contributed by atoms with E-state index in [1.165, 1.54) is 0 Å². The van der Waals surface area contributed by atoms with Gasteiger partial charge < -0.3 is 14.7 Å². The van der Waals surface area contributed by atoms with Crippen molar-refractivity contribution in [1.82, 2.24) is 4.98 Å². The SMILES string of the molecule is CCCCC(Cc1ccc(OCCON=C(C)c2ccc(-c3ccccn3)cc2)cc1)C(=O)O. The highest BCUT2D eigenvalue weighted by Crippen LogP contribution is 2.19. The van der Waals surface area contributed by atoms with Gasteiger partial charge >= 0.3 is 5.97 Å². The van der Waals surface area contributed by atoms with Crippen molar-refractivity contribution in [3.8, 4) is 17.0 Å². The van der Waals surface area contributed by atoms with E-state index >= 15 is 0 Å². The van der Waals surface area contributed by atoms with Gasteiger partial charge in [0.05, 0.1) is 17.3 Å². The number of ether oxygens (including phenoxy) is 1. The van der Waals surface area contributed by atoms with Crippen molar-refractivity contribution < 1.29 is 19.5 Å². The lowest BCUT2D eigenvalue weighted by Gasteiger charge is -2.12. The highest BCUT2D eigenvalue weighted by molar-refractivity contribution is 5.98. The Balaban J connectivity index is 1.42. The molecule has 0 bridgehead atoms. The highest BCUT2D eigenvalue weighted by Gasteiger charge is 2.17. The summed E-state index contributed by atoms with van der Waals surface area (Å²) in [4.78, 5) is 21.2. The van der Waals surface area contributed by atoms with Crippen molar-refractivity contribution in [3.63, 3.8) is 0 Å². The maximum Gasteiger partial charge on any atom is 0.306 e. The molecule has 178 valence electrons. The van der Waals surface area contributed by atoms with E-state index in [1.54, 1.807) is 6.20 Å². The average molecular weight is 461 g/mol. The first-order chi connectivity index (χ1) is 16.6. The third kappa shape index (κ3) is 7.73. The van der Waals surface area contributed by atoms with Crippen LogP contribution in [0.1, 0.15) is 44.2 Å². The van der Waals surface area contributed by atoms with Gasteiger partial charge in [-0.15, -0.1) is 0 Å². The van der Waals surface area contributed by atoms with Gasteiger partial charge in [-0.05, 0) is 55.2 Å². The molecule has 34 heavy (non-hydrogen) atoms. The summed E-state index contributed by atoms with van der Waals surface area (Å²) in [5, 5.41) is 13.6. The molecule has 1 unspecified atom stereocenters. The topological polar surface area (TPSA) is 81.0 Å². The van der Waals surface area contributed by atoms with Crippen LogP contribution in [0.25, 0.3) is 11.3 Å². The number of carbonyl (C=O) groups is 1. The molecule has 1 N–H and O–H groups in total. The van der Waals surface area contributed by atoms with Crippen LogP contribution in [0.15, 0.2) is 78.1 Å². The Morgan fingerprint density at radius 3 is 2.44 bits per heavy atom. The molecule has 1 heterocycles. The van der Waals surface area contributed by atoms with Crippen LogP contribution in [-0.4, -0.2) is 35.0 Å². The normalized spacial score (nSPS) is 12.2. The molecule has 6 nitrogen and oxygen atoms in total. The lowest BCUT2D eigenvalue weighted by Crippen LogP contribution is -2.16. The van der Waals surface area contributed by atoms with Crippen LogP contribution in [-0.2, 0) is 16.1 Å². The van der Waals surface area contributed by atoms with Crippen LogP contribution in [0.3, 0.4) is 0 Å². The van der Waals surface area contributed by atoms with Crippen LogP contribution in [0.4, 0.5) is 0 Å². The van der Waals surface area contributed by atoms with Crippen molar-refractivity contribution in [2.24, 2.45) is 11.1 Å². The van der Waals surface area contributed by atoms with Crippen molar-refractivity contribution in [1.29, 1.82) is 0 Å². The fraction of sp³-hybridized carbons (Fsp3) is 0.321. The zero-order chi connectivity index (χ0) is 24.2. The Bertz CT molecular complexity index is 1050. The van der Waals surface area contributed by atoms with E-state index in [0.29, 0.717) is 26.1 Å². The molecule has 6 heteroatoms. The predicted molar refractivity (Wildman–Crippen MR) is 134 cm³/mol. The lowest BCUT2D eigenvalue weighted by atomic mass is 9.94. The number of pyridine rings is 1. The first kappa shape index (κ1) is 25.0. The largest absolute Gasteiger partial charge is 0.490 e. The Labute approximate surface area is 201 Å². The van der Waals surface area contributed by atoms with E-state index in [1.807, 2.05) is 73.7 Å². The standard InChI is InChI=1S/C28H32N2O4/c1-3-4-7-25(28(31)32)20-22-9-15-26(16-10-22)33-18-19-34-30-21(2)23-11-13-24(14-12-23)27-8-5-6-17-29-27/h5-6,8-17,25H,3-4,7,18-20H2,1-2H3,(H,31,32). The number of hydrogen-bond acceptors (Lipinski definition) is 5. The van der Waals surface area contributed by atoms with Crippen LogP contribution in [0.2, 0.25) is 0 Å². The van der Waals surface area contributed by atoms with E-state index in [0.717, 1.165) is 46.7 Å². The Morgan fingerprint density at radius 2 is 1.79 bits per heavy atom. The summed E-state index contributed by atoms with van der Waals surface area (Å²) in [7, 11) is 0. The second kappa shape index (κ2) is 13.1. The van der Waals surface area contributed by atoms with Crippen LogP contribution < -0.4 is 4.74 Å². The predicted octanol–water partition coefficient (Wildman–Crippen LogP) is 6.00. The number of benzene rings is 2. The highest BCUT2D eigenvalue weighted by atomic mass is 16.6. The number of rotatable bonds is 13. The molecule has 3 rings (SSSR count). The minimum Gasteiger partial charge on any atom is -0.490 e. The van der Waals surface area contributed by atoms with Crippen molar-refractivity contribution in [2.75, 3.05) is 13.2 Å². The van der Waals surface area contributed by atoms with E-state index in [9.17, 15) is 9.90 Å². The summed E-state index contributed by atoms with van der Waals surface area (Å²) < 4.78 is 5.71. The Morgan fingerprint density at radius 1 is 1.03 bits per heavy atom. The molecular weight excluding hydrogens is 428 g/mol. The molecule has 1 aromatic heterocycles. The summed E-state index contributed by atoms with van der Waals surface area (Å²) in [5.74, 6) is -0.350. The van der Waals surface area contributed by atoms with Crippen molar-refractivity contribution in [3.05, 3.63) is 84.1 Å². The monoisotopic (exact) mass is 460 g/mol. The van der Waals surface area contributed by atoms with Gasteiger partial charge in [-0.3, -0.25) is 9.78 Å². The number of nitrogens with zero attached hydrogens (tertiary/aromatic N) is 2. The number of carboxylic acid groups (broad SMARTS) is 1. The van der Waals surface area contributed by atoms with E-state index in [2.05, 4.69) is 17.1 Å². The molecule has 0 radical (unpaired) electrons. The van der Waals surface area contributed by atoms with Gasteiger partial charge in [-0.2, -0.15) is 0 Å². The van der Waals surface area contributed by atoms with Crippen molar-refractivity contribution in [2.45, 2.75) is 39.5 Å². The first-order valence-electron chi connectivity index (χ1n) is 11.7. The molecule has 1 atom stereocenters. The molecule has 0 spiro atoms. The van der Waals surface area contributed by atoms with Gasteiger partial charge in [0, 0.05) is 11.8 Å². The second-order valence-corrected chi connectivity index (χ2v) is 8.18. The third-order valence-corrected chi connectivity index (χ3v) is 5.57. The molecule has 0 saturated heterocycles. The summed E-state index contributed by atoms with van der Waals surface area (Å²) >= 11 is 0. The number of carboxylic acids is 1. The van der Waals surface area contributed by atoms with Crippen LogP contribution in [0.5, 0.6) is 5.75 Å². The van der Waals surface area contributed by atoms with E-state index < -0.39 is 5.97 Å². The molecule has 0 aliphatic carbocycles. The molecule has 0 fully saturated rings. The summed E-state index contributed by atoms with van der Waals surface area (Å²) in [6.07, 6.45) is 4.95. The number of oxime groups is 1. The lowest BCUT2D eigenvalue weighted by molar-refractivity contribution is -0.142. The first-order valence-corrected chi connectivity index (χ1v) is 11.7. The van der Waals surface area contributed by atoms with E-state index in [-0.39, 0.29) is 5.92 Å². The van der Waals surface area contributed by atoms with Gasteiger partial charge in [0.1, 0.15) is 12.4 Å². The molecule has 0 amide bonds. The fourth-order valence-electron chi connectivity index (χ4n) is 3.58. The minimum absolute atomic E-state index is 0.323. The number of hydrogen-bond donors (Lipinski definition) is 1. The zero-order valence-electron chi connectivity index (χ0n) is 19.8. The average Bonchev–Trinajstić information content (AvgIpc) is 2.87. The second-order valence-electron chi connectivity index (χ2n) is 8.18. The fourth-order valence-corrected chi connectivity index (χ4v) is 3.58. The number of aromatic nitrogens is 1. The Hall–Kier alpha value is -3.67. The zero-order valence-corrected chi connectivity index (χ0v) is 19.8. The maximum atomic E-state index is 11.4. The molecule has 0 aliphatic heterocycles. The summed E-state index contributed by atoms with van der Waals surface area (Å²) in [5.41, 5.74) is 4.75. The molecular formula is C28H32N2O4. The molecule has 2 aromatic carbocycles. The van der Waals surface area contributed by atoms with Gasteiger partial charge in [-0.1, -0.05) is 67.4 Å². The van der Waals surface area contributed by atoms with E-state index in [4.69, 9.17) is 9.57 Å². The summed E-state index contributed by atoms with van der Waals surface area (Å²) in [6.45, 7) is 4.66. The maximum absolute atomic E-state index is 11.4. The van der Waals surface area contributed by atoms with Gasteiger partial charge in [0.25, 0.3) is 0 Å². The van der Waals surface area contributed by atoms with Crippen LogP contribution in [0, 0.1) is 5.92 Å². The molecule has 3 aromatic rings. The van der Waals surface area contributed by atoms with Gasteiger partial charge in [0.15, 0.2) is 6.61 Å². The summed E-state index contributed by atoms with van der Waals surface area (Å²) in [6, 6.07) is 21.5. The van der Waals surface area contributed by atoms with Crippen molar-refractivity contribution >= 4 is 11.7 Å². The number of unbranched alkanes of at least 4 members (excludes halogenated alkanes) is 1. The third-order valence-electron chi connectivity index (χ3n) is 5.57. The molecule has 0 saturated carbocycles. The van der Waals surface area contributed by atoms with Gasteiger partial charge in [0.2, 0.25) is 0 Å². The smallest absolute Gasteiger partial charge is 0.306 e. The quantitative estimate of drug-likeness (QED) is 0.192. The molecule has 0 aliphatic rings. The van der Waals surface area contributed by atoms with Crippen LogP contribution >= 0.6 is 0 Å². The van der Waals surface area contributed by atoms with Gasteiger partial charge in [-0.25, -0.2) is 0 Å². The Kier molecular flexibility index (Phi) is 9.65. The minimum atomic E-state index is -0.731. The number of aliphatic carboxylic acids is 1.